The average Bonchev–Trinajstić information content (AvgIpc) is 2.80. The lowest BCUT2D eigenvalue weighted by atomic mass is 10.1. The van der Waals surface area contributed by atoms with Crippen LogP contribution < -0.4 is 5.56 Å². The van der Waals surface area contributed by atoms with Crippen molar-refractivity contribution in [1.82, 2.24) is 19.4 Å². The van der Waals surface area contributed by atoms with E-state index in [0.717, 1.165) is 42.1 Å². The van der Waals surface area contributed by atoms with Gasteiger partial charge in [0.25, 0.3) is 5.56 Å². The molecule has 0 radical (unpaired) electrons. The highest BCUT2D eigenvalue weighted by Gasteiger charge is 2.32. The molecule has 1 aliphatic heterocycles. The molecule has 1 aliphatic rings. The number of nitrogens with zero attached hydrogens (tertiary/aromatic N) is 4. The largest absolute Gasteiger partial charge is 0.337 e. The summed E-state index contributed by atoms with van der Waals surface area (Å²) in [6.45, 7) is 10.4. The molecule has 1 aromatic heterocycles. The molecule has 2 unspecified atom stereocenters. The standard InChI is InChI=1S/C26H32N4O2/c1-5-23(28-15-16-29(19(4)17-28)24(31)6-2)25-27-22-10-8-7-9-21(22)26(32)30(25)20-13-11-18(3)12-14-20/h7-14,19,23H,5-6,15-17H2,1-4H3. The number of carbonyl (C=O) groups is 1. The Morgan fingerprint density at radius 2 is 1.81 bits per heavy atom. The molecule has 1 fully saturated rings. The molecule has 2 heterocycles. The predicted octanol–water partition coefficient (Wildman–Crippen LogP) is 4.09. The van der Waals surface area contributed by atoms with Crippen LogP contribution in [0.5, 0.6) is 0 Å². The molecule has 6 heteroatoms. The van der Waals surface area contributed by atoms with Gasteiger partial charge in [-0.2, -0.15) is 0 Å². The third-order valence-electron chi connectivity index (χ3n) is 6.50. The smallest absolute Gasteiger partial charge is 0.266 e. The van der Waals surface area contributed by atoms with Crippen molar-refractivity contribution in [3.8, 4) is 5.69 Å². The molecule has 0 saturated carbocycles. The first kappa shape index (κ1) is 22.2. The zero-order valence-corrected chi connectivity index (χ0v) is 19.4. The molecule has 1 amide bonds. The Hall–Kier alpha value is -2.99. The normalized spacial score (nSPS) is 18.1. The number of aryl methyl sites for hydroxylation is 1. The van der Waals surface area contributed by atoms with Crippen LogP contribution in [-0.4, -0.2) is 50.9 Å². The first-order valence-electron chi connectivity index (χ1n) is 11.6. The highest BCUT2D eigenvalue weighted by atomic mass is 16.2. The van der Waals surface area contributed by atoms with Gasteiger partial charge in [0.2, 0.25) is 5.91 Å². The Balaban J connectivity index is 1.81. The number of carbonyl (C=O) groups excluding carboxylic acids is 1. The van der Waals surface area contributed by atoms with E-state index in [2.05, 4.69) is 18.7 Å². The minimum absolute atomic E-state index is 0.0186. The molecule has 6 nitrogen and oxygen atoms in total. The van der Waals surface area contributed by atoms with Crippen molar-refractivity contribution in [2.24, 2.45) is 0 Å². The zero-order chi connectivity index (χ0) is 22.8. The van der Waals surface area contributed by atoms with Crippen molar-refractivity contribution in [2.75, 3.05) is 19.6 Å². The molecule has 168 valence electrons. The lowest BCUT2D eigenvalue weighted by molar-refractivity contribution is -0.135. The van der Waals surface area contributed by atoms with Gasteiger partial charge in [0, 0.05) is 32.1 Å². The number of benzene rings is 2. The van der Waals surface area contributed by atoms with E-state index in [4.69, 9.17) is 4.98 Å². The molecule has 0 bridgehead atoms. The van der Waals surface area contributed by atoms with E-state index in [1.54, 1.807) is 4.57 Å². The minimum atomic E-state index is -0.0410. The van der Waals surface area contributed by atoms with Crippen LogP contribution in [0.15, 0.2) is 53.3 Å². The minimum Gasteiger partial charge on any atom is -0.337 e. The molecule has 0 spiro atoms. The Labute approximate surface area is 189 Å². The predicted molar refractivity (Wildman–Crippen MR) is 128 cm³/mol. The summed E-state index contributed by atoms with van der Waals surface area (Å²) in [7, 11) is 0. The van der Waals surface area contributed by atoms with Gasteiger partial charge >= 0.3 is 0 Å². The van der Waals surface area contributed by atoms with Gasteiger partial charge in [-0.3, -0.25) is 19.1 Å². The van der Waals surface area contributed by atoms with E-state index < -0.39 is 0 Å². The molecular weight excluding hydrogens is 400 g/mol. The van der Waals surface area contributed by atoms with Crippen LogP contribution in [0.25, 0.3) is 16.6 Å². The first-order chi connectivity index (χ1) is 15.4. The van der Waals surface area contributed by atoms with Gasteiger partial charge in [-0.15, -0.1) is 0 Å². The van der Waals surface area contributed by atoms with E-state index in [-0.39, 0.29) is 23.6 Å². The zero-order valence-electron chi connectivity index (χ0n) is 19.4. The molecular formula is C26H32N4O2. The second-order valence-electron chi connectivity index (χ2n) is 8.67. The summed E-state index contributed by atoms with van der Waals surface area (Å²) in [6.07, 6.45) is 1.35. The molecule has 0 aliphatic carbocycles. The monoisotopic (exact) mass is 432 g/mol. The topological polar surface area (TPSA) is 58.4 Å². The van der Waals surface area contributed by atoms with Crippen molar-refractivity contribution in [2.45, 2.75) is 52.6 Å². The Morgan fingerprint density at radius 1 is 1.09 bits per heavy atom. The second kappa shape index (κ2) is 9.25. The van der Waals surface area contributed by atoms with Crippen molar-refractivity contribution in [3.63, 3.8) is 0 Å². The van der Waals surface area contributed by atoms with E-state index >= 15 is 0 Å². The molecule has 1 saturated heterocycles. The number of aromatic nitrogens is 2. The van der Waals surface area contributed by atoms with Gasteiger partial charge in [0.1, 0.15) is 5.82 Å². The Bertz CT molecular complexity index is 1170. The first-order valence-corrected chi connectivity index (χ1v) is 11.6. The fraction of sp³-hybridized carbons (Fsp3) is 0.423. The van der Waals surface area contributed by atoms with E-state index in [9.17, 15) is 9.59 Å². The van der Waals surface area contributed by atoms with Gasteiger partial charge < -0.3 is 4.90 Å². The van der Waals surface area contributed by atoms with Crippen LogP contribution in [0.1, 0.15) is 51.0 Å². The Morgan fingerprint density at radius 3 is 2.47 bits per heavy atom. The summed E-state index contributed by atoms with van der Waals surface area (Å²) < 4.78 is 1.78. The van der Waals surface area contributed by atoms with Crippen LogP contribution in [0.3, 0.4) is 0 Å². The summed E-state index contributed by atoms with van der Waals surface area (Å²) >= 11 is 0. The third kappa shape index (κ3) is 4.07. The molecule has 0 N–H and O–H groups in total. The maximum Gasteiger partial charge on any atom is 0.266 e. The van der Waals surface area contributed by atoms with E-state index in [0.29, 0.717) is 18.4 Å². The molecule has 2 atom stereocenters. The Kier molecular flexibility index (Phi) is 6.42. The SMILES string of the molecule is CCC(=O)N1CCN(C(CC)c2nc3ccccc3c(=O)n2-c2ccc(C)cc2)CC1C. The van der Waals surface area contributed by atoms with Crippen molar-refractivity contribution in [1.29, 1.82) is 0 Å². The van der Waals surface area contributed by atoms with Crippen LogP contribution in [-0.2, 0) is 4.79 Å². The summed E-state index contributed by atoms with van der Waals surface area (Å²) in [5.41, 5.74) is 2.66. The van der Waals surface area contributed by atoms with E-state index in [1.165, 1.54) is 0 Å². The lowest BCUT2D eigenvalue weighted by Crippen LogP contribution is -2.55. The van der Waals surface area contributed by atoms with Crippen LogP contribution in [0, 0.1) is 6.92 Å². The van der Waals surface area contributed by atoms with Gasteiger partial charge in [0.05, 0.1) is 22.6 Å². The number of hydrogen-bond acceptors (Lipinski definition) is 4. The lowest BCUT2D eigenvalue weighted by Gasteiger charge is -2.43. The second-order valence-corrected chi connectivity index (χ2v) is 8.67. The highest BCUT2D eigenvalue weighted by Crippen LogP contribution is 2.28. The quantitative estimate of drug-likeness (QED) is 0.609. The third-order valence-corrected chi connectivity index (χ3v) is 6.50. The molecule has 3 aromatic rings. The number of hydrogen-bond donors (Lipinski definition) is 0. The molecule has 2 aromatic carbocycles. The number of fused-ring (bicyclic) bond motifs is 1. The van der Waals surface area contributed by atoms with E-state index in [1.807, 2.05) is 67.3 Å². The average molecular weight is 433 g/mol. The van der Waals surface area contributed by atoms with Gasteiger partial charge in [0.15, 0.2) is 0 Å². The van der Waals surface area contributed by atoms with Gasteiger partial charge in [-0.25, -0.2) is 4.98 Å². The maximum absolute atomic E-state index is 13.6. The summed E-state index contributed by atoms with van der Waals surface area (Å²) in [6, 6.07) is 15.7. The molecule has 32 heavy (non-hydrogen) atoms. The number of rotatable bonds is 5. The number of amides is 1. The van der Waals surface area contributed by atoms with Crippen molar-refractivity contribution < 1.29 is 4.79 Å². The summed E-state index contributed by atoms with van der Waals surface area (Å²) in [5.74, 6) is 0.966. The maximum atomic E-state index is 13.6. The summed E-state index contributed by atoms with van der Waals surface area (Å²) in [4.78, 5) is 35.3. The van der Waals surface area contributed by atoms with Crippen LogP contribution in [0.2, 0.25) is 0 Å². The summed E-state index contributed by atoms with van der Waals surface area (Å²) in [5, 5.41) is 0.624. The fourth-order valence-electron chi connectivity index (χ4n) is 4.76. The molecule has 4 rings (SSSR count). The highest BCUT2D eigenvalue weighted by molar-refractivity contribution is 5.78. The van der Waals surface area contributed by atoms with Crippen LogP contribution in [0.4, 0.5) is 0 Å². The number of piperazine rings is 1. The van der Waals surface area contributed by atoms with Gasteiger partial charge in [-0.05, 0) is 44.5 Å². The van der Waals surface area contributed by atoms with Gasteiger partial charge in [-0.1, -0.05) is 43.7 Å². The fourth-order valence-corrected chi connectivity index (χ4v) is 4.76. The van der Waals surface area contributed by atoms with Crippen LogP contribution >= 0.6 is 0 Å². The van der Waals surface area contributed by atoms with Crippen molar-refractivity contribution >= 4 is 16.8 Å². The number of para-hydroxylation sites is 1. The van der Waals surface area contributed by atoms with Crippen molar-refractivity contribution in [3.05, 3.63) is 70.3 Å².